The third-order valence-corrected chi connectivity index (χ3v) is 3.13. The van der Waals surface area contributed by atoms with Gasteiger partial charge in [0.15, 0.2) is 11.6 Å². The minimum absolute atomic E-state index is 0.148. The summed E-state index contributed by atoms with van der Waals surface area (Å²) in [7, 11) is 1.77. The first-order chi connectivity index (χ1) is 9.11. The van der Waals surface area contributed by atoms with E-state index in [0.717, 1.165) is 0 Å². The van der Waals surface area contributed by atoms with Crippen LogP contribution < -0.4 is 10.1 Å². The first-order valence-corrected chi connectivity index (χ1v) is 6.46. The fourth-order valence-electron chi connectivity index (χ4n) is 1.66. The van der Waals surface area contributed by atoms with Crippen LogP contribution in [-0.4, -0.2) is 7.05 Å². The molecular formula is C14H12BrF2NO. The third kappa shape index (κ3) is 3.30. The van der Waals surface area contributed by atoms with Crippen molar-refractivity contribution in [1.29, 1.82) is 0 Å². The Labute approximate surface area is 118 Å². The normalized spacial score (nSPS) is 10.5. The quantitative estimate of drug-likeness (QED) is 0.906. The fourth-order valence-corrected chi connectivity index (χ4v) is 2.01. The lowest BCUT2D eigenvalue weighted by atomic mass is 10.2. The maximum absolute atomic E-state index is 13.8. The zero-order valence-electron chi connectivity index (χ0n) is 10.2. The van der Waals surface area contributed by atoms with Crippen LogP contribution in [0.2, 0.25) is 0 Å². The van der Waals surface area contributed by atoms with Crippen LogP contribution in [0.3, 0.4) is 0 Å². The van der Waals surface area contributed by atoms with Crippen molar-refractivity contribution < 1.29 is 13.5 Å². The molecule has 2 rings (SSSR count). The van der Waals surface area contributed by atoms with Gasteiger partial charge in [0.25, 0.3) is 0 Å². The summed E-state index contributed by atoms with van der Waals surface area (Å²) in [6.07, 6.45) is 0. The maximum Gasteiger partial charge on any atom is 0.167 e. The number of benzene rings is 2. The molecule has 0 aromatic heterocycles. The van der Waals surface area contributed by atoms with Crippen LogP contribution in [0, 0.1) is 11.6 Å². The first kappa shape index (κ1) is 14.0. The van der Waals surface area contributed by atoms with Crippen molar-refractivity contribution in [2.45, 2.75) is 6.54 Å². The lowest BCUT2D eigenvalue weighted by molar-refractivity contribution is 0.433. The van der Waals surface area contributed by atoms with Gasteiger partial charge in [-0.05, 0) is 47.2 Å². The monoisotopic (exact) mass is 327 g/mol. The van der Waals surface area contributed by atoms with Crippen molar-refractivity contribution in [2.75, 3.05) is 7.05 Å². The highest BCUT2D eigenvalue weighted by molar-refractivity contribution is 9.10. The summed E-state index contributed by atoms with van der Waals surface area (Å²) in [5.74, 6) is -0.324. The SMILES string of the molecule is CNCc1cccc(F)c1Oc1ccc(F)c(Br)c1. The maximum atomic E-state index is 13.8. The van der Waals surface area contributed by atoms with E-state index in [4.69, 9.17) is 4.74 Å². The van der Waals surface area contributed by atoms with Crippen LogP contribution in [0.5, 0.6) is 11.5 Å². The molecule has 0 radical (unpaired) electrons. The molecule has 0 amide bonds. The Bertz CT molecular complexity index is 590. The van der Waals surface area contributed by atoms with E-state index in [0.29, 0.717) is 17.9 Å². The molecule has 0 spiro atoms. The minimum atomic E-state index is -0.451. The van der Waals surface area contributed by atoms with E-state index >= 15 is 0 Å². The smallest absolute Gasteiger partial charge is 0.167 e. The summed E-state index contributed by atoms with van der Waals surface area (Å²) < 4.78 is 32.7. The predicted molar refractivity (Wildman–Crippen MR) is 73.3 cm³/mol. The number of rotatable bonds is 4. The fraction of sp³-hybridized carbons (Fsp3) is 0.143. The minimum Gasteiger partial charge on any atom is -0.454 e. The lowest BCUT2D eigenvalue weighted by Crippen LogP contribution is -2.07. The van der Waals surface area contributed by atoms with Crippen molar-refractivity contribution in [2.24, 2.45) is 0 Å². The van der Waals surface area contributed by atoms with Gasteiger partial charge in [-0.3, -0.25) is 0 Å². The van der Waals surface area contributed by atoms with Gasteiger partial charge in [0.2, 0.25) is 0 Å². The van der Waals surface area contributed by atoms with E-state index in [1.165, 1.54) is 24.3 Å². The number of para-hydroxylation sites is 1. The molecule has 19 heavy (non-hydrogen) atoms. The number of ether oxygens (including phenoxy) is 1. The van der Waals surface area contributed by atoms with E-state index in [9.17, 15) is 8.78 Å². The van der Waals surface area contributed by atoms with Crippen molar-refractivity contribution in [3.63, 3.8) is 0 Å². The molecular weight excluding hydrogens is 316 g/mol. The zero-order valence-corrected chi connectivity index (χ0v) is 11.8. The Kier molecular flexibility index (Phi) is 4.50. The Morgan fingerprint density at radius 1 is 1.16 bits per heavy atom. The molecule has 0 aliphatic carbocycles. The number of hydrogen-bond donors (Lipinski definition) is 1. The van der Waals surface area contributed by atoms with Crippen LogP contribution in [0.15, 0.2) is 40.9 Å². The van der Waals surface area contributed by atoms with E-state index < -0.39 is 11.6 Å². The van der Waals surface area contributed by atoms with E-state index in [1.54, 1.807) is 19.2 Å². The van der Waals surface area contributed by atoms with Crippen LogP contribution in [0.25, 0.3) is 0 Å². The molecule has 2 aromatic carbocycles. The second kappa shape index (κ2) is 6.12. The van der Waals surface area contributed by atoms with Crippen LogP contribution in [0.4, 0.5) is 8.78 Å². The molecule has 0 aliphatic rings. The Hall–Kier alpha value is -1.46. The van der Waals surface area contributed by atoms with Crippen molar-refractivity contribution in [1.82, 2.24) is 5.32 Å². The number of hydrogen-bond acceptors (Lipinski definition) is 2. The molecule has 0 bridgehead atoms. The van der Waals surface area contributed by atoms with Gasteiger partial charge in [-0.1, -0.05) is 12.1 Å². The highest BCUT2D eigenvalue weighted by Crippen LogP contribution is 2.30. The molecule has 2 aromatic rings. The van der Waals surface area contributed by atoms with E-state index in [1.807, 2.05) is 0 Å². The second-order valence-corrected chi connectivity index (χ2v) is 4.79. The highest BCUT2D eigenvalue weighted by Gasteiger charge is 2.11. The van der Waals surface area contributed by atoms with E-state index in [-0.39, 0.29) is 10.2 Å². The Balaban J connectivity index is 2.34. The predicted octanol–water partition coefficient (Wildman–Crippen LogP) is 4.24. The molecule has 1 N–H and O–H groups in total. The molecule has 0 heterocycles. The van der Waals surface area contributed by atoms with Crippen molar-refractivity contribution >= 4 is 15.9 Å². The molecule has 0 aliphatic heterocycles. The summed E-state index contributed by atoms with van der Waals surface area (Å²) in [4.78, 5) is 0. The number of nitrogens with one attached hydrogen (secondary N) is 1. The van der Waals surface area contributed by atoms with Gasteiger partial charge in [-0.25, -0.2) is 8.78 Å². The van der Waals surface area contributed by atoms with Gasteiger partial charge in [-0.15, -0.1) is 0 Å². The molecule has 0 atom stereocenters. The van der Waals surface area contributed by atoms with Gasteiger partial charge in [0.1, 0.15) is 11.6 Å². The lowest BCUT2D eigenvalue weighted by Gasteiger charge is -2.12. The topological polar surface area (TPSA) is 21.3 Å². The standard InChI is InChI=1S/C14H12BrF2NO/c1-18-8-9-3-2-4-13(17)14(9)19-10-5-6-12(16)11(15)7-10/h2-7,18H,8H2,1H3. The summed E-state index contributed by atoms with van der Waals surface area (Å²) in [5.41, 5.74) is 0.697. The van der Waals surface area contributed by atoms with Crippen LogP contribution in [-0.2, 0) is 6.54 Å². The van der Waals surface area contributed by atoms with Crippen molar-refractivity contribution in [3.8, 4) is 11.5 Å². The van der Waals surface area contributed by atoms with Gasteiger partial charge in [-0.2, -0.15) is 0 Å². The molecule has 5 heteroatoms. The molecule has 0 unspecified atom stereocenters. The third-order valence-electron chi connectivity index (χ3n) is 2.53. The Morgan fingerprint density at radius 3 is 2.63 bits per heavy atom. The Morgan fingerprint density at radius 2 is 1.95 bits per heavy atom. The largest absolute Gasteiger partial charge is 0.454 e. The van der Waals surface area contributed by atoms with Gasteiger partial charge in [0, 0.05) is 12.1 Å². The molecule has 0 saturated carbocycles. The first-order valence-electron chi connectivity index (χ1n) is 5.66. The van der Waals surface area contributed by atoms with Crippen LogP contribution >= 0.6 is 15.9 Å². The molecule has 0 fully saturated rings. The summed E-state index contributed by atoms with van der Waals surface area (Å²) >= 11 is 3.07. The van der Waals surface area contributed by atoms with Gasteiger partial charge >= 0.3 is 0 Å². The average Bonchev–Trinajstić information content (AvgIpc) is 2.38. The van der Waals surface area contributed by atoms with Crippen molar-refractivity contribution in [3.05, 3.63) is 58.1 Å². The average molecular weight is 328 g/mol. The second-order valence-electron chi connectivity index (χ2n) is 3.94. The number of halogens is 3. The van der Waals surface area contributed by atoms with Gasteiger partial charge in [0.05, 0.1) is 4.47 Å². The molecule has 100 valence electrons. The van der Waals surface area contributed by atoms with E-state index in [2.05, 4.69) is 21.2 Å². The summed E-state index contributed by atoms with van der Waals surface area (Å²) in [5, 5.41) is 2.94. The summed E-state index contributed by atoms with van der Waals surface area (Å²) in [6, 6.07) is 8.90. The highest BCUT2D eigenvalue weighted by atomic mass is 79.9. The molecule has 2 nitrogen and oxygen atoms in total. The zero-order chi connectivity index (χ0) is 13.8. The summed E-state index contributed by atoms with van der Waals surface area (Å²) in [6.45, 7) is 0.482. The van der Waals surface area contributed by atoms with Gasteiger partial charge < -0.3 is 10.1 Å². The van der Waals surface area contributed by atoms with Crippen LogP contribution in [0.1, 0.15) is 5.56 Å². The molecule has 0 saturated heterocycles.